The molecule has 248 valence electrons. The lowest BCUT2D eigenvalue weighted by atomic mass is 9.64. The van der Waals surface area contributed by atoms with Gasteiger partial charge in [-0.25, -0.2) is 0 Å². The fraction of sp³-hybridized carbons (Fsp3) is 0.474. The molecule has 0 unspecified atom stereocenters. The maximum atomic E-state index is 11.6. The molecule has 0 saturated carbocycles. The topological polar surface area (TPSA) is 111 Å². The van der Waals surface area contributed by atoms with Gasteiger partial charge in [-0.3, -0.25) is 14.3 Å². The number of anilines is 2. The van der Waals surface area contributed by atoms with Gasteiger partial charge in [-0.15, -0.1) is 0 Å². The number of nitrogens with zero attached hydrogens (tertiary/aromatic N) is 3. The van der Waals surface area contributed by atoms with Crippen molar-refractivity contribution < 1.29 is 22.9 Å². The van der Waals surface area contributed by atoms with Crippen LogP contribution in [-0.2, 0) is 46.1 Å². The number of aliphatic imine (C=N–C) groups is 1. The van der Waals surface area contributed by atoms with Crippen molar-refractivity contribution in [3.8, 4) is 0 Å². The first-order valence-corrected chi connectivity index (χ1v) is 18.7. The Hall–Kier alpha value is -3.69. The van der Waals surface area contributed by atoms with Crippen LogP contribution in [-0.4, -0.2) is 55.9 Å². The minimum Gasteiger partial charge on any atom is -0.481 e. The van der Waals surface area contributed by atoms with Crippen LogP contribution >= 0.6 is 0 Å². The van der Waals surface area contributed by atoms with E-state index in [0.717, 1.165) is 75.9 Å². The molecule has 0 aromatic heterocycles. The molecule has 2 N–H and O–H groups in total. The summed E-state index contributed by atoms with van der Waals surface area (Å²) in [5.74, 6) is -0.740. The van der Waals surface area contributed by atoms with E-state index in [4.69, 9.17) is 10.1 Å². The van der Waals surface area contributed by atoms with Crippen LogP contribution in [0.4, 0.5) is 11.4 Å². The average Bonchev–Trinajstić information content (AvgIpc) is 3.03. The van der Waals surface area contributed by atoms with Crippen molar-refractivity contribution in [2.75, 3.05) is 36.0 Å². The number of carboxylic acids is 1. The number of hydrogen-bond donors (Lipinski definition) is 2. The van der Waals surface area contributed by atoms with Crippen LogP contribution in [0.2, 0.25) is 0 Å². The third-order valence-electron chi connectivity index (χ3n) is 10.7. The molecule has 0 saturated heterocycles. The quantitative estimate of drug-likeness (QED) is 0.195. The monoisotopic (exact) mass is 655 g/mol. The molecule has 4 aliphatic rings. The van der Waals surface area contributed by atoms with Crippen molar-refractivity contribution in [2.24, 2.45) is 4.99 Å². The first-order valence-electron chi connectivity index (χ1n) is 17.2. The number of carbonyl (C=O) groups is 1. The number of aliphatic carboxylic acids is 1. The molecule has 0 atom stereocenters. The molecule has 3 aliphatic heterocycles. The highest BCUT2D eigenvalue weighted by Gasteiger charge is 2.42. The smallest absolute Gasteiger partial charge is 0.303 e. The second kappa shape index (κ2) is 12.4. The molecular weight excluding hydrogens is 611 g/mol. The van der Waals surface area contributed by atoms with E-state index in [1.807, 2.05) is 0 Å². The Kier molecular flexibility index (Phi) is 8.41. The van der Waals surface area contributed by atoms with Crippen LogP contribution in [0.15, 0.2) is 52.4 Å². The summed E-state index contributed by atoms with van der Waals surface area (Å²) < 4.78 is 32.7. The summed E-state index contributed by atoms with van der Waals surface area (Å²) in [4.78, 5) is 21.3. The van der Waals surface area contributed by atoms with Crippen molar-refractivity contribution in [1.29, 1.82) is 0 Å². The van der Waals surface area contributed by atoms with Gasteiger partial charge in [-0.05, 0) is 115 Å². The van der Waals surface area contributed by atoms with E-state index in [1.54, 1.807) is 12.1 Å². The van der Waals surface area contributed by atoms with Crippen LogP contribution in [0, 0.1) is 0 Å². The molecule has 0 amide bonds. The zero-order valence-corrected chi connectivity index (χ0v) is 28.3. The van der Waals surface area contributed by atoms with Gasteiger partial charge >= 0.3 is 5.97 Å². The molecule has 3 aromatic rings. The van der Waals surface area contributed by atoms with Crippen LogP contribution < -0.4 is 9.80 Å². The van der Waals surface area contributed by atoms with E-state index in [9.17, 15) is 17.8 Å². The molecule has 0 spiro atoms. The minimum atomic E-state index is -4.23. The summed E-state index contributed by atoms with van der Waals surface area (Å²) in [6, 6.07) is 13.8. The predicted molar refractivity (Wildman–Crippen MR) is 186 cm³/mol. The van der Waals surface area contributed by atoms with Crippen LogP contribution in [0.25, 0.3) is 0 Å². The molecule has 9 heteroatoms. The molecule has 8 nitrogen and oxygen atoms in total. The number of carboxylic acid groups (broad SMARTS) is 1. The van der Waals surface area contributed by atoms with Gasteiger partial charge < -0.3 is 14.9 Å². The Labute approximate surface area is 278 Å². The lowest BCUT2D eigenvalue weighted by Crippen LogP contribution is -2.39. The molecular formula is C38H45N3O5S. The summed E-state index contributed by atoms with van der Waals surface area (Å²) in [5, 5.41) is 9.08. The number of hydrogen-bond acceptors (Lipinski definition) is 6. The zero-order valence-electron chi connectivity index (χ0n) is 27.5. The Bertz CT molecular complexity index is 1860. The molecule has 0 radical (unpaired) electrons. The van der Waals surface area contributed by atoms with Gasteiger partial charge in [0.15, 0.2) is 0 Å². The highest BCUT2D eigenvalue weighted by molar-refractivity contribution is 7.85. The van der Waals surface area contributed by atoms with Gasteiger partial charge in [0.25, 0.3) is 10.1 Å². The van der Waals surface area contributed by atoms with E-state index < -0.39 is 16.1 Å². The average molecular weight is 656 g/mol. The largest absolute Gasteiger partial charge is 0.481 e. The molecule has 7 rings (SSSR count). The summed E-state index contributed by atoms with van der Waals surface area (Å²) in [6.07, 6.45) is 9.14. The third-order valence-corrected chi connectivity index (χ3v) is 11.5. The maximum Gasteiger partial charge on any atom is 0.303 e. The van der Waals surface area contributed by atoms with Gasteiger partial charge in [0, 0.05) is 67.1 Å². The van der Waals surface area contributed by atoms with E-state index in [1.165, 1.54) is 68.9 Å². The Balaban J connectivity index is 1.31. The Morgan fingerprint density at radius 2 is 1.60 bits per heavy atom. The lowest BCUT2D eigenvalue weighted by Gasteiger charge is -2.45. The van der Waals surface area contributed by atoms with Crippen molar-refractivity contribution in [1.82, 2.24) is 0 Å². The number of fused-ring (bicyclic) bond motifs is 4. The van der Waals surface area contributed by atoms with Crippen molar-refractivity contribution in [3.05, 3.63) is 87.0 Å². The fourth-order valence-corrected chi connectivity index (χ4v) is 9.02. The summed E-state index contributed by atoms with van der Waals surface area (Å²) in [7, 11) is -4.23. The van der Waals surface area contributed by atoms with Crippen LogP contribution in [0.3, 0.4) is 0 Å². The molecule has 3 heterocycles. The van der Waals surface area contributed by atoms with E-state index in [-0.39, 0.29) is 16.7 Å². The standard InChI is InChI=1S/C38H45N3O5S/c1-38(2)32-23-33-26(9-6-20-41(33)24-25-13-15-28(16-14-25)47(44,45)46)21-30(32)36(39-17-5-3-4-12-34(42)43)31-22-27-10-7-18-40-19-8-11-29(35(31)38)37(27)40/h13-16,21-23H,3-12,17-20,24H2,1-2H3,(H,42,43)(H,44,45,46). The number of rotatable bonds is 9. The fourth-order valence-electron chi connectivity index (χ4n) is 8.54. The maximum absolute atomic E-state index is 11.6. The highest BCUT2D eigenvalue weighted by atomic mass is 32.2. The molecule has 1 aliphatic carbocycles. The summed E-state index contributed by atoms with van der Waals surface area (Å²) in [6.45, 7) is 9.25. The van der Waals surface area contributed by atoms with Crippen molar-refractivity contribution in [3.63, 3.8) is 0 Å². The van der Waals surface area contributed by atoms with Gasteiger partial charge in [-0.1, -0.05) is 32.4 Å². The van der Waals surface area contributed by atoms with Crippen LogP contribution in [0.1, 0.15) is 103 Å². The van der Waals surface area contributed by atoms with Gasteiger partial charge in [0.2, 0.25) is 0 Å². The van der Waals surface area contributed by atoms with Gasteiger partial charge in [0.05, 0.1) is 10.6 Å². The van der Waals surface area contributed by atoms with Crippen molar-refractivity contribution in [2.45, 2.75) is 94.9 Å². The third kappa shape index (κ3) is 5.97. The number of aryl methyl sites for hydroxylation is 2. The second-order valence-electron chi connectivity index (χ2n) is 14.2. The van der Waals surface area contributed by atoms with Gasteiger partial charge in [-0.2, -0.15) is 8.42 Å². The molecule has 0 bridgehead atoms. The number of benzene rings is 3. The molecule has 47 heavy (non-hydrogen) atoms. The van der Waals surface area contributed by atoms with E-state index in [0.29, 0.717) is 19.5 Å². The van der Waals surface area contributed by atoms with Crippen LogP contribution in [0.5, 0.6) is 0 Å². The Morgan fingerprint density at radius 3 is 2.34 bits per heavy atom. The Morgan fingerprint density at radius 1 is 0.894 bits per heavy atom. The zero-order chi connectivity index (χ0) is 32.9. The van der Waals surface area contributed by atoms with E-state index in [2.05, 4.69) is 41.8 Å². The SMILES string of the molecule is CC1(C)c2cc3c(cc2C(=NCCCCCC(=O)O)c2cc4c5c(c21)CCCN5CCC4)CCCN3Cc1ccc(S(=O)(=O)O)cc1. The number of unbranched alkanes of at least 4 members (excludes halogenated alkanes) is 2. The molecule has 3 aromatic carbocycles. The van der Waals surface area contributed by atoms with Crippen molar-refractivity contribution >= 4 is 33.2 Å². The predicted octanol–water partition coefficient (Wildman–Crippen LogP) is 6.71. The second-order valence-corrected chi connectivity index (χ2v) is 15.6. The normalized spacial score (nSPS) is 18.7. The summed E-state index contributed by atoms with van der Waals surface area (Å²) in [5.41, 5.74) is 14.1. The highest BCUT2D eigenvalue weighted by Crippen LogP contribution is 2.50. The lowest BCUT2D eigenvalue weighted by molar-refractivity contribution is -0.137. The first kappa shape index (κ1) is 31.9. The van der Waals surface area contributed by atoms with E-state index >= 15 is 0 Å². The minimum absolute atomic E-state index is 0.0896. The summed E-state index contributed by atoms with van der Waals surface area (Å²) >= 11 is 0. The first-order chi connectivity index (χ1) is 22.5. The molecule has 0 fully saturated rings. The van der Waals surface area contributed by atoms with Gasteiger partial charge in [0.1, 0.15) is 0 Å².